The number of aromatic nitrogens is 5. The van der Waals surface area contributed by atoms with Crippen LogP contribution in [0.2, 0.25) is 10.0 Å². The number of pyridine rings is 1. The molecule has 0 radical (unpaired) electrons. The van der Waals surface area contributed by atoms with E-state index in [1.165, 1.54) is 0 Å². The Balaban J connectivity index is 1.83. The van der Waals surface area contributed by atoms with Gasteiger partial charge < -0.3 is 10.1 Å². The van der Waals surface area contributed by atoms with E-state index in [4.69, 9.17) is 28.9 Å². The summed E-state index contributed by atoms with van der Waals surface area (Å²) in [6, 6.07) is 1.67. The first-order chi connectivity index (χ1) is 10.3. The maximum atomic E-state index is 6.14. The average Bonchev–Trinajstić information content (AvgIpc) is 2.94. The highest BCUT2D eigenvalue weighted by molar-refractivity contribution is 6.36. The van der Waals surface area contributed by atoms with Crippen LogP contribution in [0.5, 0.6) is 0 Å². The van der Waals surface area contributed by atoms with Crippen LogP contribution in [0.3, 0.4) is 0 Å². The van der Waals surface area contributed by atoms with Crippen molar-refractivity contribution >= 4 is 28.8 Å². The Bertz CT molecular complexity index is 814. The molecule has 3 rings (SSSR count). The minimum atomic E-state index is -0.311. The van der Waals surface area contributed by atoms with E-state index in [2.05, 4.69) is 15.3 Å². The zero-order valence-electron chi connectivity index (χ0n) is 12.3. The Morgan fingerprint density at radius 1 is 1.18 bits per heavy atom. The maximum absolute atomic E-state index is 6.14. The van der Waals surface area contributed by atoms with E-state index >= 15 is 0 Å². The monoisotopic (exact) mass is 338 g/mol. The second-order valence-corrected chi connectivity index (χ2v) is 6.89. The van der Waals surface area contributed by atoms with Crippen molar-refractivity contribution in [2.45, 2.75) is 32.4 Å². The highest BCUT2D eigenvalue weighted by atomic mass is 35.5. The van der Waals surface area contributed by atoms with Crippen LogP contribution in [0.25, 0.3) is 5.65 Å². The van der Waals surface area contributed by atoms with Gasteiger partial charge in [0.1, 0.15) is 0 Å². The van der Waals surface area contributed by atoms with Gasteiger partial charge in [0.2, 0.25) is 0 Å². The molecule has 0 fully saturated rings. The van der Waals surface area contributed by atoms with Gasteiger partial charge in [0.25, 0.3) is 0 Å². The molecule has 0 aliphatic heterocycles. The molecule has 0 atom stereocenters. The number of hydrogen-bond donors (Lipinski definition) is 1. The number of fused-ring (bicyclic) bond motifs is 1. The van der Waals surface area contributed by atoms with Gasteiger partial charge >= 0.3 is 0 Å². The molecule has 2 N–H and O–H groups in total. The van der Waals surface area contributed by atoms with Gasteiger partial charge in [0.15, 0.2) is 5.65 Å². The lowest BCUT2D eigenvalue weighted by molar-refractivity contribution is 0.509. The molecular formula is C14H16Cl2N6. The minimum Gasteiger partial charge on any atom is -0.325 e. The fourth-order valence-corrected chi connectivity index (χ4v) is 2.81. The summed E-state index contributed by atoms with van der Waals surface area (Å²) in [5.74, 6) is 0. The van der Waals surface area contributed by atoms with Gasteiger partial charge in [0, 0.05) is 30.6 Å². The molecule has 22 heavy (non-hydrogen) atoms. The predicted octanol–water partition coefficient (Wildman–Crippen LogP) is 2.56. The molecule has 6 nitrogen and oxygen atoms in total. The van der Waals surface area contributed by atoms with Gasteiger partial charge in [-0.25, -0.2) is 9.67 Å². The first kappa shape index (κ1) is 15.3. The van der Waals surface area contributed by atoms with Gasteiger partial charge in [-0.1, -0.05) is 28.4 Å². The van der Waals surface area contributed by atoms with Gasteiger partial charge in [-0.2, -0.15) is 0 Å². The summed E-state index contributed by atoms with van der Waals surface area (Å²) in [6.07, 6.45) is 6.19. The van der Waals surface area contributed by atoms with E-state index in [0.29, 0.717) is 28.7 Å². The summed E-state index contributed by atoms with van der Waals surface area (Å²) in [5, 5.41) is 9.32. The summed E-state index contributed by atoms with van der Waals surface area (Å²) in [4.78, 5) is 4.49. The zero-order valence-corrected chi connectivity index (χ0v) is 13.8. The van der Waals surface area contributed by atoms with Gasteiger partial charge in [0.05, 0.1) is 28.0 Å². The third-order valence-electron chi connectivity index (χ3n) is 3.07. The lowest BCUT2D eigenvalue weighted by Gasteiger charge is -2.15. The number of nitrogens with two attached hydrogens (primary N) is 1. The molecule has 0 aliphatic carbocycles. The van der Waals surface area contributed by atoms with E-state index in [9.17, 15) is 0 Å². The lowest BCUT2D eigenvalue weighted by Crippen LogP contribution is -2.34. The van der Waals surface area contributed by atoms with Crippen LogP contribution in [0.1, 0.15) is 25.2 Å². The molecule has 0 amide bonds. The molecule has 0 unspecified atom stereocenters. The largest absolute Gasteiger partial charge is 0.325 e. The van der Waals surface area contributed by atoms with Gasteiger partial charge in [-0.3, -0.25) is 0 Å². The van der Waals surface area contributed by atoms with Crippen LogP contribution in [0.4, 0.5) is 0 Å². The van der Waals surface area contributed by atoms with Crippen LogP contribution in [-0.2, 0) is 13.0 Å². The third-order valence-corrected chi connectivity index (χ3v) is 3.55. The Kier molecular flexibility index (Phi) is 3.84. The predicted molar refractivity (Wildman–Crippen MR) is 86.3 cm³/mol. The first-order valence-electron chi connectivity index (χ1n) is 6.81. The topological polar surface area (TPSA) is 74.0 Å². The van der Waals surface area contributed by atoms with Crippen LogP contribution < -0.4 is 5.73 Å². The second-order valence-electron chi connectivity index (χ2n) is 6.04. The van der Waals surface area contributed by atoms with Crippen LogP contribution in [0.15, 0.2) is 24.7 Å². The quantitative estimate of drug-likeness (QED) is 0.793. The molecule has 0 bridgehead atoms. The minimum absolute atomic E-state index is 0.311. The van der Waals surface area contributed by atoms with Crippen molar-refractivity contribution in [2.75, 3.05) is 0 Å². The number of imidazole rings is 1. The van der Waals surface area contributed by atoms with Gasteiger partial charge in [-0.15, -0.1) is 5.10 Å². The van der Waals surface area contributed by atoms with E-state index in [1.54, 1.807) is 21.3 Å². The molecule has 3 heterocycles. The van der Waals surface area contributed by atoms with Crippen molar-refractivity contribution in [2.24, 2.45) is 5.73 Å². The summed E-state index contributed by atoms with van der Waals surface area (Å²) in [5.41, 5.74) is 8.04. The van der Waals surface area contributed by atoms with Gasteiger partial charge in [-0.05, 0) is 19.9 Å². The summed E-state index contributed by atoms with van der Waals surface area (Å²) >= 11 is 12.1. The highest BCUT2D eigenvalue weighted by Gasteiger charge is 2.15. The van der Waals surface area contributed by atoms with E-state index in [0.717, 1.165) is 11.4 Å². The number of nitrogens with zero attached hydrogens (tertiary/aromatic N) is 5. The number of hydrogen-bond acceptors (Lipinski definition) is 4. The van der Waals surface area contributed by atoms with Crippen LogP contribution in [-0.4, -0.2) is 29.9 Å². The molecule has 0 saturated carbocycles. The van der Waals surface area contributed by atoms with E-state index in [-0.39, 0.29) is 5.54 Å². The summed E-state index contributed by atoms with van der Waals surface area (Å²) < 4.78 is 3.54. The Hall–Kier alpha value is -1.63. The standard InChI is InChI=1S/C14H16Cl2N6/c1-14(2,17)4-10-7-22(20-19-10)8-11-6-21-5-9(15)3-12(16)13(21)18-11/h3,5-7H,4,8,17H2,1-2H3. The molecule has 0 spiro atoms. The SMILES string of the molecule is CC(C)(N)Cc1cn(Cc2cn3cc(Cl)cc(Cl)c3n2)nn1. The maximum Gasteiger partial charge on any atom is 0.156 e. The Morgan fingerprint density at radius 3 is 2.68 bits per heavy atom. The van der Waals surface area contributed by atoms with Crippen molar-refractivity contribution in [1.82, 2.24) is 24.4 Å². The smallest absolute Gasteiger partial charge is 0.156 e. The highest BCUT2D eigenvalue weighted by Crippen LogP contribution is 2.22. The lowest BCUT2D eigenvalue weighted by atomic mass is 10.0. The zero-order chi connectivity index (χ0) is 15.9. The molecule has 0 aromatic carbocycles. The molecule has 3 aromatic rings. The Labute approximate surface area is 137 Å². The summed E-state index contributed by atoms with van der Waals surface area (Å²) in [6.45, 7) is 4.42. The van der Waals surface area contributed by atoms with Crippen molar-refractivity contribution in [3.63, 3.8) is 0 Å². The third kappa shape index (κ3) is 3.40. The molecule has 116 valence electrons. The second kappa shape index (κ2) is 5.53. The molecule has 3 aromatic heterocycles. The van der Waals surface area contributed by atoms with Crippen molar-refractivity contribution < 1.29 is 0 Å². The van der Waals surface area contributed by atoms with Crippen molar-refractivity contribution in [1.29, 1.82) is 0 Å². The fourth-order valence-electron chi connectivity index (χ4n) is 2.28. The summed E-state index contributed by atoms with van der Waals surface area (Å²) in [7, 11) is 0. The van der Waals surface area contributed by atoms with Crippen molar-refractivity contribution in [3.8, 4) is 0 Å². The average molecular weight is 339 g/mol. The first-order valence-corrected chi connectivity index (χ1v) is 7.56. The number of rotatable bonds is 4. The Morgan fingerprint density at radius 2 is 1.95 bits per heavy atom. The van der Waals surface area contributed by atoms with Crippen LogP contribution >= 0.6 is 23.2 Å². The van der Waals surface area contributed by atoms with E-state index in [1.807, 2.05) is 26.2 Å². The molecule has 0 aliphatic rings. The normalized spacial score (nSPS) is 12.2. The van der Waals surface area contributed by atoms with Crippen LogP contribution in [0, 0.1) is 0 Å². The fraction of sp³-hybridized carbons (Fsp3) is 0.357. The molecule has 8 heteroatoms. The van der Waals surface area contributed by atoms with Crippen molar-refractivity contribution in [3.05, 3.63) is 46.1 Å². The molecule has 0 saturated heterocycles. The molecular weight excluding hydrogens is 323 g/mol. The number of halogens is 2. The van der Waals surface area contributed by atoms with E-state index < -0.39 is 0 Å².